The van der Waals surface area contributed by atoms with Crippen LogP contribution in [0.2, 0.25) is 0 Å². The van der Waals surface area contributed by atoms with Crippen molar-refractivity contribution >= 4 is 46.5 Å². The molecule has 0 aliphatic carbocycles. The van der Waals surface area contributed by atoms with Crippen molar-refractivity contribution in [3.8, 4) is 0 Å². The van der Waals surface area contributed by atoms with Crippen molar-refractivity contribution in [2.24, 2.45) is 0 Å². The molecule has 0 radical (unpaired) electrons. The third-order valence-corrected chi connectivity index (χ3v) is 8.61. The summed E-state index contributed by atoms with van der Waals surface area (Å²) < 4.78 is 11.9. The van der Waals surface area contributed by atoms with Crippen molar-refractivity contribution < 1.29 is 33.4 Å². The van der Waals surface area contributed by atoms with Gasteiger partial charge in [-0.15, -0.1) is 0 Å². The summed E-state index contributed by atoms with van der Waals surface area (Å²) in [6, 6.07) is 14.0. The number of benzene rings is 2. The normalized spacial score (nSPS) is 15.9. The summed E-state index contributed by atoms with van der Waals surface area (Å²) in [5.74, 6) is -1.82. The van der Waals surface area contributed by atoms with Gasteiger partial charge in [-0.25, -0.2) is 14.6 Å². The van der Waals surface area contributed by atoms with Gasteiger partial charge in [-0.05, 0) is 64.7 Å². The van der Waals surface area contributed by atoms with E-state index >= 15 is 0 Å². The molecule has 3 heterocycles. The smallest absolute Gasteiger partial charge is 0.408 e. The number of esters is 1. The zero-order valence-corrected chi connectivity index (χ0v) is 29.7. The van der Waals surface area contributed by atoms with E-state index in [1.807, 2.05) is 54.6 Å². The summed E-state index contributed by atoms with van der Waals surface area (Å²) >= 11 is 0. The fraction of sp³-hybridized carbons (Fsp3) is 0.405. The Bertz CT molecular complexity index is 1890. The second-order valence-electron chi connectivity index (χ2n) is 14.1. The maximum absolute atomic E-state index is 14.1. The van der Waals surface area contributed by atoms with Crippen molar-refractivity contribution in [3.63, 3.8) is 0 Å². The monoisotopic (exact) mass is 699 g/mol. The zero-order valence-electron chi connectivity index (χ0n) is 29.7. The molecule has 2 aromatic heterocycles. The number of alkyl carbamates (subject to hydrolysis) is 1. The first-order chi connectivity index (χ1) is 24.2. The van der Waals surface area contributed by atoms with Crippen LogP contribution in [0.25, 0.3) is 10.9 Å². The highest BCUT2D eigenvalue weighted by Crippen LogP contribution is 2.28. The van der Waals surface area contributed by atoms with Crippen LogP contribution >= 0.6 is 0 Å². The Morgan fingerprint density at radius 3 is 2.41 bits per heavy atom. The number of aromatic amines is 1. The molecule has 1 aliphatic rings. The van der Waals surface area contributed by atoms with Crippen molar-refractivity contribution in [2.75, 3.05) is 19.0 Å². The van der Waals surface area contributed by atoms with Crippen LogP contribution in [0, 0.1) is 0 Å². The summed E-state index contributed by atoms with van der Waals surface area (Å²) in [4.78, 5) is 75.8. The zero-order chi connectivity index (χ0) is 36.9. The van der Waals surface area contributed by atoms with Crippen molar-refractivity contribution in [1.82, 2.24) is 30.1 Å². The molecule has 2 aromatic carbocycles. The number of fused-ring (bicyclic) bond motifs is 1. The van der Waals surface area contributed by atoms with Crippen molar-refractivity contribution in [1.29, 1.82) is 0 Å². The van der Waals surface area contributed by atoms with Gasteiger partial charge in [-0.1, -0.05) is 48.5 Å². The molecule has 4 N–H and O–H groups in total. The molecule has 3 atom stereocenters. The minimum absolute atomic E-state index is 0.111. The molecule has 5 rings (SSSR count). The van der Waals surface area contributed by atoms with E-state index in [0.717, 1.165) is 16.5 Å². The number of ether oxygens (including phenoxy) is 2. The van der Waals surface area contributed by atoms with Gasteiger partial charge in [0.1, 0.15) is 29.3 Å². The quantitative estimate of drug-likeness (QED) is 0.169. The van der Waals surface area contributed by atoms with Crippen LogP contribution in [0.3, 0.4) is 0 Å². The highest BCUT2D eigenvalue weighted by Gasteiger charge is 2.39. The average molecular weight is 700 g/mol. The van der Waals surface area contributed by atoms with Gasteiger partial charge in [0.25, 0.3) is 5.91 Å². The van der Waals surface area contributed by atoms with Gasteiger partial charge in [-0.2, -0.15) is 0 Å². The lowest BCUT2D eigenvalue weighted by molar-refractivity contribution is -0.151. The van der Waals surface area contributed by atoms with Crippen LogP contribution in [0.5, 0.6) is 0 Å². The third-order valence-electron chi connectivity index (χ3n) is 8.61. The topological polar surface area (TPSA) is 177 Å². The Morgan fingerprint density at radius 2 is 1.71 bits per heavy atom. The molecule has 0 bridgehead atoms. The van der Waals surface area contributed by atoms with Crippen LogP contribution in [0.15, 0.2) is 73.3 Å². The molecular weight excluding hydrogens is 654 g/mol. The van der Waals surface area contributed by atoms with E-state index < -0.39 is 53.1 Å². The van der Waals surface area contributed by atoms with Crippen LogP contribution in [0.1, 0.15) is 64.6 Å². The molecule has 1 fully saturated rings. The van der Waals surface area contributed by atoms with Crippen LogP contribution in [-0.2, 0) is 35.1 Å². The molecule has 14 heteroatoms. The van der Waals surface area contributed by atoms with E-state index in [1.54, 1.807) is 31.5 Å². The van der Waals surface area contributed by atoms with E-state index in [1.165, 1.54) is 38.4 Å². The number of carbonyl (C=O) groups excluding carboxylic acids is 5. The van der Waals surface area contributed by atoms with Gasteiger partial charge in [0.15, 0.2) is 5.82 Å². The van der Waals surface area contributed by atoms with E-state index in [2.05, 4.69) is 25.9 Å². The second-order valence-corrected chi connectivity index (χ2v) is 14.1. The molecule has 4 aromatic rings. The van der Waals surface area contributed by atoms with Crippen LogP contribution in [0.4, 0.5) is 10.6 Å². The number of H-pyrrole nitrogens is 1. The summed E-state index contributed by atoms with van der Waals surface area (Å²) in [5.41, 5.74) is 0.100. The Morgan fingerprint density at radius 1 is 1.00 bits per heavy atom. The second kappa shape index (κ2) is 15.1. The number of carbonyl (C=O) groups is 5. The summed E-state index contributed by atoms with van der Waals surface area (Å²) in [7, 11) is 1.30. The molecule has 4 amide bonds. The molecule has 1 aliphatic heterocycles. The lowest BCUT2D eigenvalue weighted by Crippen LogP contribution is -2.59. The van der Waals surface area contributed by atoms with E-state index in [-0.39, 0.29) is 18.1 Å². The van der Waals surface area contributed by atoms with Crippen LogP contribution in [-0.4, -0.2) is 86.1 Å². The Labute approximate surface area is 296 Å². The predicted molar refractivity (Wildman–Crippen MR) is 190 cm³/mol. The number of likely N-dealkylation sites (tertiary alicyclic amines) is 1. The van der Waals surface area contributed by atoms with Crippen LogP contribution < -0.4 is 16.0 Å². The highest BCUT2D eigenvalue weighted by molar-refractivity contribution is 5.99. The molecule has 1 saturated heterocycles. The molecule has 0 spiro atoms. The van der Waals surface area contributed by atoms with Gasteiger partial charge < -0.3 is 39.9 Å². The number of para-hydroxylation sites is 1. The SMILES string of the molecule is COC(=O)C1CCCN1C(=O)C(c1ccccc1)n1cnc(NC(=O)C(Cc2c[nH]c3ccccc23)NC(=O)C(C)(C)NC(=O)OC(C)(C)C)c1. The van der Waals surface area contributed by atoms with E-state index in [0.29, 0.717) is 24.9 Å². The Balaban J connectivity index is 1.40. The minimum atomic E-state index is -1.44. The number of hydrogen-bond donors (Lipinski definition) is 4. The summed E-state index contributed by atoms with van der Waals surface area (Å²) in [5, 5.41) is 9.07. The number of amides is 4. The molecule has 0 saturated carbocycles. The molecule has 3 unspecified atom stereocenters. The molecule has 270 valence electrons. The van der Waals surface area contributed by atoms with Crippen molar-refractivity contribution in [3.05, 3.63) is 84.4 Å². The number of imidazole rings is 1. The molecular formula is C37H45N7O7. The van der Waals surface area contributed by atoms with Gasteiger partial charge >= 0.3 is 12.1 Å². The first kappa shape index (κ1) is 36.6. The lowest BCUT2D eigenvalue weighted by Gasteiger charge is -2.29. The number of hydrogen-bond acceptors (Lipinski definition) is 8. The number of methoxy groups -OCH3 is 1. The van der Waals surface area contributed by atoms with E-state index in [9.17, 15) is 24.0 Å². The standard InChI is InChI=1S/C37H45N7O7/c1-36(2,3)51-35(49)42-37(4,5)34(48)40-27(19-24-20-38-26-16-11-10-15-25(24)26)31(45)41-29-21-43(22-39-29)30(23-13-8-7-9-14-23)32(46)44-18-12-17-28(44)33(47)50-6/h7-11,13-16,20-22,27-28,30,38H,12,17-19H2,1-6H3,(H,40,48)(H,41,45)(H,42,49). The Kier molecular flexibility index (Phi) is 10.8. The maximum Gasteiger partial charge on any atom is 0.408 e. The summed E-state index contributed by atoms with van der Waals surface area (Å²) in [6.07, 6.45) is 5.25. The summed E-state index contributed by atoms with van der Waals surface area (Å²) in [6.45, 7) is 8.57. The first-order valence-electron chi connectivity index (χ1n) is 16.8. The Hall–Kier alpha value is -5.66. The molecule has 51 heavy (non-hydrogen) atoms. The predicted octanol–water partition coefficient (Wildman–Crippen LogP) is 4.09. The molecule has 14 nitrogen and oxygen atoms in total. The number of nitrogens with one attached hydrogen (secondary N) is 4. The van der Waals surface area contributed by atoms with Gasteiger partial charge in [0, 0.05) is 36.3 Å². The number of anilines is 1. The van der Waals surface area contributed by atoms with Gasteiger partial charge in [-0.3, -0.25) is 14.4 Å². The van der Waals surface area contributed by atoms with Crippen molar-refractivity contribution in [2.45, 2.75) is 83.1 Å². The fourth-order valence-corrected chi connectivity index (χ4v) is 6.09. The number of nitrogens with zero attached hydrogens (tertiary/aromatic N) is 3. The minimum Gasteiger partial charge on any atom is -0.467 e. The first-order valence-corrected chi connectivity index (χ1v) is 16.8. The van der Waals surface area contributed by atoms with Gasteiger partial charge in [0.05, 0.1) is 13.4 Å². The highest BCUT2D eigenvalue weighted by atomic mass is 16.6. The third kappa shape index (κ3) is 8.74. The number of rotatable bonds is 11. The number of aromatic nitrogens is 3. The fourth-order valence-electron chi connectivity index (χ4n) is 6.09. The largest absolute Gasteiger partial charge is 0.467 e. The van der Waals surface area contributed by atoms with Gasteiger partial charge in [0.2, 0.25) is 11.8 Å². The van der Waals surface area contributed by atoms with E-state index in [4.69, 9.17) is 9.47 Å². The lowest BCUT2D eigenvalue weighted by atomic mass is 10.0. The maximum atomic E-state index is 14.1. The average Bonchev–Trinajstić information content (AvgIpc) is 3.84.